The smallest absolute Gasteiger partial charge is 0.238 e. The number of nitrogens with two attached hydrogens (primary N) is 1. The molecule has 0 heterocycles. The van der Waals surface area contributed by atoms with Crippen LogP contribution in [0.5, 0.6) is 0 Å². The van der Waals surface area contributed by atoms with Gasteiger partial charge in [-0.1, -0.05) is 13.0 Å². The van der Waals surface area contributed by atoms with Gasteiger partial charge in [-0.15, -0.1) is 0 Å². The topological polar surface area (TPSA) is 87.5 Å². The van der Waals surface area contributed by atoms with Crippen LogP contribution in [0.25, 0.3) is 0 Å². The zero-order chi connectivity index (χ0) is 15.0. The largest absolute Gasteiger partial charge is 0.399 e. The Kier molecular flexibility index (Phi) is 6.52. The zero-order valence-electron chi connectivity index (χ0n) is 12.0. The second-order valence-corrected chi connectivity index (χ2v) is 4.56. The van der Waals surface area contributed by atoms with Gasteiger partial charge in [-0.2, -0.15) is 0 Å². The number of anilines is 2. The maximum absolute atomic E-state index is 12.0. The van der Waals surface area contributed by atoms with Gasteiger partial charge in [0.2, 0.25) is 11.8 Å². The summed E-state index contributed by atoms with van der Waals surface area (Å²) in [6.07, 6.45) is 0.878. The average molecular weight is 278 g/mol. The fourth-order valence-electron chi connectivity index (χ4n) is 1.83. The molecule has 0 spiro atoms. The van der Waals surface area contributed by atoms with Crippen molar-refractivity contribution < 1.29 is 9.59 Å². The lowest BCUT2D eigenvalue weighted by Gasteiger charge is -2.20. The van der Waals surface area contributed by atoms with Gasteiger partial charge in [-0.25, -0.2) is 0 Å². The Morgan fingerprint density at radius 1 is 1.25 bits per heavy atom. The predicted octanol–water partition coefficient (Wildman–Crippen LogP) is 0.665. The van der Waals surface area contributed by atoms with Gasteiger partial charge in [0.25, 0.3) is 0 Å². The first kappa shape index (κ1) is 16.0. The molecule has 0 saturated heterocycles. The second-order valence-electron chi connectivity index (χ2n) is 4.56. The van der Waals surface area contributed by atoms with Crippen LogP contribution < -0.4 is 16.4 Å². The van der Waals surface area contributed by atoms with Crippen LogP contribution in [-0.2, 0) is 9.59 Å². The molecule has 0 bridgehead atoms. The highest BCUT2D eigenvalue weighted by atomic mass is 16.2. The number of likely N-dealkylation sites (N-methyl/N-ethyl adjacent to an activating group) is 1. The Labute approximate surface area is 119 Å². The molecule has 0 saturated carbocycles. The van der Waals surface area contributed by atoms with Gasteiger partial charge in [-0.05, 0) is 31.2 Å². The number of carbonyl (C=O) groups is 2. The minimum absolute atomic E-state index is 0.102. The van der Waals surface area contributed by atoms with Crippen LogP contribution in [0.2, 0.25) is 0 Å². The number of amides is 2. The average Bonchev–Trinajstić information content (AvgIpc) is 2.38. The molecular formula is C14H22N4O2. The molecule has 0 aliphatic carbocycles. The monoisotopic (exact) mass is 278 g/mol. The summed E-state index contributed by atoms with van der Waals surface area (Å²) in [6.45, 7) is 3.09. The van der Waals surface area contributed by atoms with Crippen molar-refractivity contribution in [2.45, 2.75) is 13.3 Å². The molecule has 110 valence electrons. The van der Waals surface area contributed by atoms with E-state index in [1.54, 1.807) is 36.2 Å². The van der Waals surface area contributed by atoms with Gasteiger partial charge in [0, 0.05) is 18.4 Å². The highest BCUT2D eigenvalue weighted by Gasteiger charge is 2.13. The van der Waals surface area contributed by atoms with Crippen molar-refractivity contribution in [1.82, 2.24) is 10.2 Å². The predicted molar refractivity (Wildman–Crippen MR) is 80.3 cm³/mol. The van der Waals surface area contributed by atoms with Crippen molar-refractivity contribution in [3.8, 4) is 0 Å². The number of nitrogen functional groups attached to an aromatic ring is 1. The molecule has 4 N–H and O–H groups in total. The number of carbonyl (C=O) groups excluding carboxylic acids is 2. The van der Waals surface area contributed by atoms with E-state index in [4.69, 9.17) is 5.73 Å². The van der Waals surface area contributed by atoms with Crippen molar-refractivity contribution in [3.05, 3.63) is 24.3 Å². The Morgan fingerprint density at radius 3 is 2.55 bits per heavy atom. The summed E-state index contributed by atoms with van der Waals surface area (Å²) in [6, 6.07) is 7.00. The first-order valence-electron chi connectivity index (χ1n) is 6.63. The number of hydrogen-bond acceptors (Lipinski definition) is 4. The second kappa shape index (κ2) is 8.16. The molecule has 20 heavy (non-hydrogen) atoms. The van der Waals surface area contributed by atoms with Crippen molar-refractivity contribution in [1.29, 1.82) is 0 Å². The number of nitrogens with zero attached hydrogens (tertiary/aromatic N) is 1. The summed E-state index contributed by atoms with van der Waals surface area (Å²) in [5.41, 5.74) is 6.91. The molecule has 2 amide bonds. The molecule has 0 aliphatic heterocycles. The van der Waals surface area contributed by atoms with Crippen LogP contribution in [0.3, 0.4) is 0 Å². The molecule has 1 aromatic rings. The molecule has 1 aromatic carbocycles. The van der Waals surface area contributed by atoms with E-state index in [-0.39, 0.29) is 24.9 Å². The standard InChI is InChI=1S/C14H22N4O2/c1-3-7-18(9-13(19)16-2)10-14(20)17-12-6-4-5-11(15)8-12/h4-6,8H,3,7,9-10,15H2,1-2H3,(H,16,19)(H,17,20). The maximum Gasteiger partial charge on any atom is 0.238 e. The third-order valence-electron chi connectivity index (χ3n) is 2.72. The molecule has 0 aliphatic rings. The normalized spacial score (nSPS) is 10.3. The molecule has 0 unspecified atom stereocenters. The van der Waals surface area contributed by atoms with Crippen LogP contribution in [0.15, 0.2) is 24.3 Å². The molecule has 0 radical (unpaired) electrons. The van der Waals surface area contributed by atoms with Crippen LogP contribution in [-0.4, -0.2) is 43.4 Å². The third kappa shape index (κ3) is 5.71. The quantitative estimate of drug-likeness (QED) is 0.640. The van der Waals surface area contributed by atoms with Gasteiger partial charge < -0.3 is 16.4 Å². The van der Waals surface area contributed by atoms with Crippen molar-refractivity contribution in [3.63, 3.8) is 0 Å². The molecular weight excluding hydrogens is 256 g/mol. The Hall–Kier alpha value is -2.08. The fourth-order valence-corrected chi connectivity index (χ4v) is 1.83. The van der Waals surface area contributed by atoms with E-state index in [0.717, 1.165) is 6.42 Å². The zero-order valence-corrected chi connectivity index (χ0v) is 12.0. The number of benzene rings is 1. The molecule has 1 rings (SSSR count). The van der Waals surface area contributed by atoms with Gasteiger partial charge in [-0.3, -0.25) is 14.5 Å². The number of hydrogen-bond donors (Lipinski definition) is 3. The van der Waals surface area contributed by atoms with Crippen LogP contribution in [0.1, 0.15) is 13.3 Å². The summed E-state index contributed by atoms with van der Waals surface area (Å²) in [4.78, 5) is 25.1. The van der Waals surface area contributed by atoms with Crippen molar-refractivity contribution in [2.24, 2.45) is 0 Å². The Morgan fingerprint density at radius 2 is 1.95 bits per heavy atom. The highest BCUT2D eigenvalue weighted by molar-refractivity contribution is 5.93. The molecule has 6 nitrogen and oxygen atoms in total. The first-order chi connectivity index (χ1) is 9.55. The lowest BCUT2D eigenvalue weighted by atomic mass is 10.3. The maximum atomic E-state index is 12.0. The van der Waals surface area contributed by atoms with Gasteiger partial charge in [0.15, 0.2) is 0 Å². The van der Waals surface area contributed by atoms with E-state index in [0.29, 0.717) is 17.9 Å². The van der Waals surface area contributed by atoms with Gasteiger partial charge in [0.1, 0.15) is 0 Å². The Bertz CT molecular complexity index is 462. The van der Waals surface area contributed by atoms with E-state index in [1.165, 1.54) is 0 Å². The summed E-state index contributed by atoms with van der Waals surface area (Å²) in [5.74, 6) is -0.261. The lowest BCUT2D eigenvalue weighted by Crippen LogP contribution is -2.40. The third-order valence-corrected chi connectivity index (χ3v) is 2.72. The molecule has 0 atom stereocenters. The minimum atomic E-state index is -0.159. The van der Waals surface area contributed by atoms with E-state index < -0.39 is 0 Å². The first-order valence-corrected chi connectivity index (χ1v) is 6.63. The summed E-state index contributed by atoms with van der Waals surface area (Å²) in [7, 11) is 1.58. The summed E-state index contributed by atoms with van der Waals surface area (Å²) >= 11 is 0. The molecule has 6 heteroatoms. The Balaban J connectivity index is 2.55. The van der Waals surface area contributed by atoms with Crippen molar-refractivity contribution >= 4 is 23.2 Å². The molecule has 0 fully saturated rings. The lowest BCUT2D eigenvalue weighted by molar-refractivity contribution is -0.123. The van der Waals surface area contributed by atoms with E-state index in [9.17, 15) is 9.59 Å². The minimum Gasteiger partial charge on any atom is -0.399 e. The summed E-state index contributed by atoms with van der Waals surface area (Å²) < 4.78 is 0. The van der Waals surface area contributed by atoms with Gasteiger partial charge >= 0.3 is 0 Å². The van der Waals surface area contributed by atoms with E-state index in [2.05, 4.69) is 10.6 Å². The van der Waals surface area contributed by atoms with Crippen LogP contribution in [0.4, 0.5) is 11.4 Å². The SMILES string of the molecule is CCCN(CC(=O)NC)CC(=O)Nc1cccc(N)c1. The van der Waals surface area contributed by atoms with Gasteiger partial charge in [0.05, 0.1) is 13.1 Å². The van der Waals surface area contributed by atoms with E-state index >= 15 is 0 Å². The van der Waals surface area contributed by atoms with E-state index in [1.807, 2.05) is 6.92 Å². The fraction of sp³-hybridized carbons (Fsp3) is 0.429. The van der Waals surface area contributed by atoms with Crippen LogP contribution in [0, 0.1) is 0 Å². The number of nitrogens with one attached hydrogen (secondary N) is 2. The molecule has 0 aromatic heterocycles. The van der Waals surface area contributed by atoms with Crippen LogP contribution >= 0.6 is 0 Å². The summed E-state index contributed by atoms with van der Waals surface area (Å²) in [5, 5.41) is 5.33. The van der Waals surface area contributed by atoms with Crippen molar-refractivity contribution in [2.75, 3.05) is 37.7 Å². The number of rotatable bonds is 7. The highest BCUT2D eigenvalue weighted by Crippen LogP contribution is 2.11.